The van der Waals surface area contributed by atoms with Crippen LogP contribution in [-0.2, 0) is 67.3 Å². The van der Waals surface area contributed by atoms with Crippen molar-refractivity contribution in [2.75, 3.05) is 85.9 Å². The van der Waals surface area contributed by atoms with Crippen LogP contribution in [0.5, 0.6) is 11.5 Å². The molecule has 0 radical (unpaired) electrons. The third-order valence-corrected chi connectivity index (χ3v) is 9.18. The molecule has 0 N–H and O–H groups in total. The van der Waals surface area contributed by atoms with Crippen LogP contribution in [0.3, 0.4) is 0 Å². The summed E-state index contributed by atoms with van der Waals surface area (Å²) in [5.41, 5.74) is 1.65. The summed E-state index contributed by atoms with van der Waals surface area (Å²) in [6.45, 7) is 27.1. The van der Waals surface area contributed by atoms with E-state index >= 15 is 0 Å². The third-order valence-electron chi connectivity index (χ3n) is 9.18. The second kappa shape index (κ2) is 33.5. The molecule has 0 aliphatic carbocycles. The van der Waals surface area contributed by atoms with Gasteiger partial charge >= 0.3 is 29.8 Å². The van der Waals surface area contributed by atoms with Gasteiger partial charge in [0, 0.05) is 80.3 Å². The van der Waals surface area contributed by atoms with Gasteiger partial charge in [-0.05, 0) is 41.8 Å². The van der Waals surface area contributed by atoms with Gasteiger partial charge in [0.2, 0.25) is 0 Å². The first-order chi connectivity index (χ1) is 30.8. The van der Waals surface area contributed by atoms with Gasteiger partial charge in [-0.1, -0.05) is 77.9 Å². The van der Waals surface area contributed by atoms with Crippen molar-refractivity contribution in [3.63, 3.8) is 0 Å². The van der Waals surface area contributed by atoms with E-state index < -0.39 is 29.8 Å². The van der Waals surface area contributed by atoms with Gasteiger partial charge in [0.25, 0.3) is 0 Å². The maximum Gasteiger partial charge on any atom is 0.330 e. The van der Waals surface area contributed by atoms with Crippen LogP contribution in [0.25, 0.3) is 0 Å². The number of carbonyl (C=O) groups excluding carboxylic acids is 5. The summed E-state index contributed by atoms with van der Waals surface area (Å²) < 4.78 is 53.2. The van der Waals surface area contributed by atoms with Gasteiger partial charge < -0.3 is 47.4 Å². The first-order valence-corrected chi connectivity index (χ1v) is 21.0. The Kier molecular flexibility index (Phi) is 29.3. The van der Waals surface area contributed by atoms with Crippen LogP contribution in [0.2, 0.25) is 0 Å². The maximum atomic E-state index is 11.1. The van der Waals surface area contributed by atoms with Crippen LogP contribution in [-0.4, -0.2) is 116 Å². The highest BCUT2D eigenvalue weighted by Crippen LogP contribution is 2.33. The van der Waals surface area contributed by atoms with Gasteiger partial charge in [0.15, 0.2) is 0 Å². The second-order valence-electron chi connectivity index (χ2n) is 14.3. The van der Waals surface area contributed by atoms with E-state index in [9.17, 15) is 24.0 Å². The monoisotopic (exact) mass is 894 g/mol. The van der Waals surface area contributed by atoms with E-state index in [1.54, 1.807) is 0 Å². The van der Waals surface area contributed by atoms with Crippen molar-refractivity contribution < 1.29 is 71.3 Å². The predicted molar refractivity (Wildman–Crippen MR) is 241 cm³/mol. The molecule has 352 valence electrons. The molecule has 0 heterocycles. The van der Waals surface area contributed by atoms with Crippen molar-refractivity contribution in [1.82, 2.24) is 0 Å². The number of carbonyl (C=O) groups is 5. The molecule has 2 rings (SSSR count). The average molecular weight is 895 g/mol. The fourth-order valence-corrected chi connectivity index (χ4v) is 5.30. The smallest absolute Gasteiger partial charge is 0.330 e. The van der Waals surface area contributed by atoms with Gasteiger partial charge in [0.05, 0.1) is 39.6 Å². The topological polar surface area (TPSA) is 178 Å². The standard InChI is InChI=1S/C25H28O6.C24H38O9/c1-5-23(26)30-17-15-28-21-11-7-19(8-12-21)25(3,4)20-9-13-22(14-10-20)29-16-18-31-24(27)6-2;1-5-21(25)31-15-9-12-28-18-24(8-4,19-29-13-10-16-32-22(26)6-2)20-30-14-11-17-33-23(27)7-3/h5-14H,1-2,15-18H2,3-4H3;5-7H,1-3,8-20H2,4H3. The number of hydrogen-bond donors (Lipinski definition) is 0. The van der Waals surface area contributed by atoms with E-state index in [2.05, 4.69) is 46.7 Å². The van der Waals surface area contributed by atoms with Gasteiger partial charge in [-0.3, -0.25) is 0 Å². The van der Waals surface area contributed by atoms with Crippen LogP contribution in [0.15, 0.2) is 112 Å². The summed E-state index contributed by atoms with van der Waals surface area (Å²) in [5, 5.41) is 0. The lowest BCUT2D eigenvalue weighted by Crippen LogP contribution is -2.37. The molecule has 0 unspecified atom stereocenters. The van der Waals surface area contributed by atoms with E-state index in [1.165, 1.54) is 0 Å². The van der Waals surface area contributed by atoms with Gasteiger partial charge in [0.1, 0.15) is 37.9 Å². The van der Waals surface area contributed by atoms with E-state index in [-0.39, 0.29) is 57.1 Å². The molecule has 64 heavy (non-hydrogen) atoms. The number of benzene rings is 2. The average Bonchev–Trinajstić information content (AvgIpc) is 3.32. The molecule has 0 saturated heterocycles. The normalized spacial score (nSPS) is 10.7. The van der Waals surface area contributed by atoms with Crippen molar-refractivity contribution >= 4 is 29.8 Å². The molecule has 0 aromatic heterocycles. The second-order valence-corrected chi connectivity index (χ2v) is 14.3. The Balaban J connectivity index is 0.000000641. The van der Waals surface area contributed by atoms with Crippen molar-refractivity contribution in [2.45, 2.75) is 51.9 Å². The minimum absolute atomic E-state index is 0.170. The maximum absolute atomic E-state index is 11.1. The molecular formula is C49H66O15. The number of esters is 5. The minimum Gasteiger partial charge on any atom is -0.490 e. The fraction of sp³-hybridized carbons (Fsp3) is 0.449. The Labute approximate surface area is 377 Å². The molecule has 0 fully saturated rings. The van der Waals surface area contributed by atoms with Crippen LogP contribution >= 0.6 is 0 Å². The summed E-state index contributed by atoms with van der Waals surface area (Å²) in [7, 11) is 0. The SMILES string of the molecule is C=CC(=O)OCCCOCC(CC)(COCCCOC(=O)C=C)COCCCOC(=O)C=C.C=CC(=O)OCCOc1ccc(C(C)(C)c2ccc(OCCOC(=O)C=C)cc2)cc1. The van der Waals surface area contributed by atoms with Gasteiger partial charge in [-0.2, -0.15) is 0 Å². The molecule has 15 nitrogen and oxygen atoms in total. The summed E-state index contributed by atoms with van der Waals surface area (Å²) in [6.07, 6.45) is 8.03. The van der Waals surface area contributed by atoms with Crippen molar-refractivity contribution in [3.8, 4) is 11.5 Å². The molecule has 0 atom stereocenters. The molecule has 15 heteroatoms. The quantitative estimate of drug-likeness (QED) is 0.0303. The molecule has 0 aliphatic heterocycles. The van der Waals surface area contributed by atoms with Crippen LogP contribution in [0.4, 0.5) is 0 Å². The zero-order chi connectivity index (χ0) is 47.5. The highest BCUT2D eigenvalue weighted by molar-refractivity contribution is 5.82. The van der Waals surface area contributed by atoms with E-state index in [0.717, 1.165) is 47.9 Å². The zero-order valence-electron chi connectivity index (χ0n) is 37.7. The Morgan fingerprint density at radius 3 is 0.984 bits per heavy atom. The Bertz CT molecular complexity index is 1580. The summed E-state index contributed by atoms with van der Waals surface area (Å²) >= 11 is 0. The molecule has 0 amide bonds. The lowest BCUT2D eigenvalue weighted by atomic mass is 9.78. The highest BCUT2D eigenvalue weighted by Gasteiger charge is 2.30. The Morgan fingerprint density at radius 1 is 0.438 bits per heavy atom. The first-order valence-electron chi connectivity index (χ1n) is 21.0. The van der Waals surface area contributed by atoms with Crippen LogP contribution in [0, 0.1) is 5.41 Å². The van der Waals surface area contributed by atoms with Crippen molar-refractivity contribution in [1.29, 1.82) is 0 Å². The number of ether oxygens (including phenoxy) is 10. The van der Waals surface area contributed by atoms with Gasteiger partial charge in [-0.15, -0.1) is 0 Å². The summed E-state index contributed by atoms with van der Waals surface area (Å²) in [4.78, 5) is 55.2. The first kappa shape index (κ1) is 56.0. The zero-order valence-corrected chi connectivity index (χ0v) is 37.7. The summed E-state index contributed by atoms with van der Waals surface area (Å²) in [6, 6.07) is 15.7. The predicted octanol–water partition coefficient (Wildman–Crippen LogP) is 7.02. The lowest BCUT2D eigenvalue weighted by molar-refractivity contribution is -0.139. The molecule has 2 aromatic rings. The van der Waals surface area contributed by atoms with E-state index in [0.29, 0.717) is 70.4 Å². The van der Waals surface area contributed by atoms with Crippen molar-refractivity contribution in [2.24, 2.45) is 5.41 Å². The largest absolute Gasteiger partial charge is 0.490 e. The minimum atomic E-state index is -0.465. The molecule has 0 aliphatic rings. The van der Waals surface area contributed by atoms with E-state index in [4.69, 9.17) is 47.4 Å². The lowest BCUT2D eigenvalue weighted by Gasteiger charge is -2.32. The van der Waals surface area contributed by atoms with Crippen LogP contribution in [0.1, 0.15) is 57.6 Å². The molecular weight excluding hydrogens is 829 g/mol. The molecule has 2 aromatic carbocycles. The van der Waals surface area contributed by atoms with Crippen LogP contribution < -0.4 is 9.47 Å². The van der Waals surface area contributed by atoms with Gasteiger partial charge in [-0.25, -0.2) is 24.0 Å². The highest BCUT2D eigenvalue weighted by atomic mass is 16.6. The molecule has 0 bridgehead atoms. The number of hydrogen-bond acceptors (Lipinski definition) is 15. The van der Waals surface area contributed by atoms with Crippen molar-refractivity contribution in [3.05, 3.63) is 123 Å². The van der Waals surface area contributed by atoms with E-state index in [1.807, 2.05) is 55.5 Å². The summed E-state index contributed by atoms with van der Waals surface area (Å²) in [5.74, 6) is -0.904. The molecule has 0 saturated carbocycles. The fourth-order valence-electron chi connectivity index (χ4n) is 5.30. The Morgan fingerprint density at radius 2 is 0.719 bits per heavy atom. The third kappa shape index (κ3) is 24.6. The molecule has 0 spiro atoms. The number of rotatable bonds is 34. The Hall–Kier alpha value is -6.03.